The fourth-order valence-corrected chi connectivity index (χ4v) is 5.39. The molecule has 1 N–H and O–H groups in total. The monoisotopic (exact) mass is 425 g/mol. The fraction of sp³-hybridized carbons (Fsp3) is 0.760. The summed E-state index contributed by atoms with van der Waals surface area (Å²) in [7, 11) is 0. The predicted octanol–water partition coefficient (Wildman–Crippen LogP) is 6.94. The van der Waals surface area contributed by atoms with E-state index in [1.807, 2.05) is 6.92 Å². The van der Waals surface area contributed by atoms with Crippen molar-refractivity contribution < 1.29 is 17.9 Å². The van der Waals surface area contributed by atoms with Gasteiger partial charge in [0, 0.05) is 19.3 Å². The minimum atomic E-state index is -4.28. The second kappa shape index (κ2) is 11.5. The lowest BCUT2D eigenvalue weighted by Crippen LogP contribution is -2.40. The van der Waals surface area contributed by atoms with E-state index in [-0.39, 0.29) is 5.92 Å². The second-order valence-corrected chi connectivity index (χ2v) is 9.24. The number of alkyl halides is 3. The Morgan fingerprint density at radius 2 is 1.67 bits per heavy atom. The molecule has 0 aromatic heterocycles. The first-order valence-electron chi connectivity index (χ1n) is 12.0. The summed E-state index contributed by atoms with van der Waals surface area (Å²) in [5.74, 6) is 1.71. The van der Waals surface area contributed by atoms with E-state index in [9.17, 15) is 13.2 Å². The second-order valence-electron chi connectivity index (χ2n) is 9.24. The zero-order valence-electron chi connectivity index (χ0n) is 18.4. The van der Waals surface area contributed by atoms with E-state index in [0.29, 0.717) is 12.0 Å². The lowest BCUT2D eigenvalue weighted by molar-refractivity contribution is -0.137. The zero-order valence-corrected chi connectivity index (χ0v) is 18.4. The summed E-state index contributed by atoms with van der Waals surface area (Å²) in [5, 5.41) is 3.80. The summed E-state index contributed by atoms with van der Waals surface area (Å²) in [4.78, 5) is 0. The molecule has 170 valence electrons. The minimum absolute atomic E-state index is 0.277. The largest absolute Gasteiger partial charge is 0.416 e. The molecule has 0 saturated heterocycles. The molecule has 2 aliphatic rings. The van der Waals surface area contributed by atoms with E-state index >= 15 is 0 Å². The van der Waals surface area contributed by atoms with E-state index in [4.69, 9.17) is 4.74 Å². The number of rotatable bonds is 9. The lowest BCUT2D eigenvalue weighted by atomic mass is 9.73. The smallest absolute Gasteiger partial charge is 0.382 e. The van der Waals surface area contributed by atoms with Crippen molar-refractivity contribution in [3.63, 3.8) is 0 Å². The van der Waals surface area contributed by atoms with Crippen molar-refractivity contribution in [1.82, 2.24) is 5.32 Å². The molecular formula is C25H38F3NO. The van der Waals surface area contributed by atoms with Crippen molar-refractivity contribution in [2.24, 2.45) is 11.8 Å². The molecule has 0 radical (unpaired) electrons. The van der Waals surface area contributed by atoms with E-state index < -0.39 is 11.7 Å². The van der Waals surface area contributed by atoms with Crippen molar-refractivity contribution >= 4 is 0 Å². The molecule has 0 aliphatic heterocycles. The van der Waals surface area contributed by atoms with Gasteiger partial charge in [0.15, 0.2) is 0 Å². The molecule has 2 fully saturated rings. The SMILES string of the molecule is CCOCCC1CCC(NCCC2CCCCC2)C(c2ccc(C(F)(F)F)cc2)C1. The lowest BCUT2D eigenvalue weighted by Gasteiger charge is -2.38. The van der Waals surface area contributed by atoms with Crippen LogP contribution in [0.1, 0.15) is 88.2 Å². The van der Waals surface area contributed by atoms with Gasteiger partial charge in [-0.3, -0.25) is 0 Å². The minimum Gasteiger partial charge on any atom is -0.382 e. The highest BCUT2D eigenvalue weighted by atomic mass is 19.4. The topological polar surface area (TPSA) is 21.3 Å². The van der Waals surface area contributed by atoms with Gasteiger partial charge in [-0.1, -0.05) is 44.2 Å². The van der Waals surface area contributed by atoms with E-state index in [0.717, 1.165) is 50.5 Å². The van der Waals surface area contributed by atoms with E-state index in [1.54, 1.807) is 12.1 Å². The maximum absolute atomic E-state index is 13.0. The first kappa shape index (κ1) is 23.6. The first-order valence-corrected chi connectivity index (χ1v) is 12.0. The van der Waals surface area contributed by atoms with Crippen LogP contribution in [0.15, 0.2) is 24.3 Å². The van der Waals surface area contributed by atoms with Crippen LogP contribution in [0.5, 0.6) is 0 Å². The van der Waals surface area contributed by atoms with Crippen molar-refractivity contribution in [2.45, 2.75) is 89.3 Å². The third-order valence-corrected chi connectivity index (χ3v) is 7.18. The summed E-state index contributed by atoms with van der Waals surface area (Å²) >= 11 is 0. The van der Waals surface area contributed by atoms with Crippen LogP contribution in [0.3, 0.4) is 0 Å². The predicted molar refractivity (Wildman–Crippen MR) is 116 cm³/mol. The van der Waals surface area contributed by atoms with Gasteiger partial charge in [-0.05, 0) is 81.0 Å². The van der Waals surface area contributed by atoms with Crippen LogP contribution in [0.25, 0.3) is 0 Å². The van der Waals surface area contributed by atoms with Crippen LogP contribution in [-0.4, -0.2) is 25.8 Å². The van der Waals surface area contributed by atoms with Crippen molar-refractivity contribution in [1.29, 1.82) is 0 Å². The number of halogens is 3. The molecule has 3 rings (SSSR count). The van der Waals surface area contributed by atoms with Gasteiger partial charge in [-0.2, -0.15) is 13.2 Å². The molecule has 2 saturated carbocycles. The van der Waals surface area contributed by atoms with Crippen molar-refractivity contribution in [3.05, 3.63) is 35.4 Å². The molecule has 0 bridgehead atoms. The third kappa shape index (κ3) is 6.98. The van der Waals surface area contributed by atoms with Gasteiger partial charge in [0.1, 0.15) is 0 Å². The van der Waals surface area contributed by atoms with Crippen LogP contribution in [0.4, 0.5) is 13.2 Å². The Morgan fingerprint density at radius 3 is 2.33 bits per heavy atom. The number of benzene rings is 1. The Labute approximate surface area is 180 Å². The molecule has 3 atom stereocenters. The van der Waals surface area contributed by atoms with Gasteiger partial charge in [-0.25, -0.2) is 0 Å². The maximum atomic E-state index is 13.0. The average Bonchev–Trinajstić information content (AvgIpc) is 2.75. The third-order valence-electron chi connectivity index (χ3n) is 7.18. The molecular weight excluding hydrogens is 387 g/mol. The average molecular weight is 426 g/mol. The van der Waals surface area contributed by atoms with Gasteiger partial charge in [0.25, 0.3) is 0 Å². The van der Waals surface area contributed by atoms with Crippen LogP contribution in [0.2, 0.25) is 0 Å². The Balaban J connectivity index is 1.62. The normalized spacial score (nSPS) is 26.1. The highest BCUT2D eigenvalue weighted by Gasteiger charge is 2.33. The molecule has 0 heterocycles. The number of hydrogen-bond acceptors (Lipinski definition) is 2. The van der Waals surface area contributed by atoms with Gasteiger partial charge in [0.2, 0.25) is 0 Å². The highest BCUT2D eigenvalue weighted by molar-refractivity contribution is 5.28. The maximum Gasteiger partial charge on any atom is 0.416 e. The van der Waals surface area contributed by atoms with Crippen molar-refractivity contribution in [3.8, 4) is 0 Å². The van der Waals surface area contributed by atoms with E-state index in [2.05, 4.69) is 5.32 Å². The van der Waals surface area contributed by atoms with Gasteiger partial charge in [0.05, 0.1) is 5.56 Å². The fourth-order valence-electron chi connectivity index (χ4n) is 5.39. The van der Waals surface area contributed by atoms with Crippen LogP contribution >= 0.6 is 0 Å². The Kier molecular flexibility index (Phi) is 9.06. The number of ether oxygens (including phenoxy) is 1. The molecule has 1 aromatic carbocycles. The Hall–Kier alpha value is -1.07. The molecule has 2 nitrogen and oxygen atoms in total. The molecule has 3 unspecified atom stereocenters. The summed E-state index contributed by atoms with van der Waals surface area (Å²) in [5.41, 5.74) is 0.482. The quantitative estimate of drug-likeness (QED) is 0.433. The summed E-state index contributed by atoms with van der Waals surface area (Å²) < 4.78 is 44.5. The molecule has 30 heavy (non-hydrogen) atoms. The molecule has 1 aromatic rings. The van der Waals surface area contributed by atoms with Gasteiger partial charge >= 0.3 is 6.18 Å². The first-order chi connectivity index (χ1) is 14.5. The summed E-state index contributed by atoms with van der Waals surface area (Å²) in [6.07, 6.45) is 8.10. The van der Waals surface area contributed by atoms with Gasteiger partial charge in [-0.15, -0.1) is 0 Å². The zero-order chi connectivity index (χ0) is 21.4. The molecule has 0 amide bonds. The Morgan fingerprint density at radius 1 is 0.933 bits per heavy atom. The summed E-state index contributed by atoms with van der Waals surface area (Å²) in [6, 6.07) is 6.26. The Bertz CT molecular complexity index is 610. The molecule has 2 aliphatic carbocycles. The van der Waals surface area contributed by atoms with Crippen LogP contribution in [-0.2, 0) is 10.9 Å². The van der Waals surface area contributed by atoms with E-state index in [1.165, 1.54) is 57.1 Å². The van der Waals surface area contributed by atoms with Crippen LogP contribution < -0.4 is 5.32 Å². The van der Waals surface area contributed by atoms with Crippen LogP contribution in [0, 0.1) is 11.8 Å². The number of hydrogen-bond donors (Lipinski definition) is 1. The highest BCUT2D eigenvalue weighted by Crippen LogP contribution is 2.39. The molecule has 5 heteroatoms. The standard InChI is InChI=1S/C25H38F3NO/c1-2-30-17-15-20-8-13-24(29-16-14-19-6-4-3-5-7-19)23(18-20)21-9-11-22(12-10-21)25(26,27)28/h9-12,19-20,23-24,29H,2-8,13-18H2,1H3. The number of nitrogens with one attached hydrogen (secondary N) is 1. The van der Waals surface area contributed by atoms with Gasteiger partial charge < -0.3 is 10.1 Å². The molecule has 0 spiro atoms. The summed E-state index contributed by atoms with van der Waals surface area (Å²) in [6.45, 7) is 4.55. The van der Waals surface area contributed by atoms with Crippen molar-refractivity contribution in [2.75, 3.05) is 19.8 Å².